The molecule has 0 spiro atoms. The molecule has 1 N–H and O–H groups in total. The first-order valence-corrected chi connectivity index (χ1v) is 12.1. The number of nitrogens with one attached hydrogen (secondary N) is 1. The minimum atomic E-state index is -0.0179. The van der Waals surface area contributed by atoms with E-state index < -0.39 is 0 Å². The van der Waals surface area contributed by atoms with E-state index in [2.05, 4.69) is 36.8 Å². The van der Waals surface area contributed by atoms with Gasteiger partial charge in [0.1, 0.15) is 5.75 Å². The molecule has 3 fully saturated rings. The molecule has 8 nitrogen and oxygen atoms in total. The number of methoxy groups -OCH3 is 1. The van der Waals surface area contributed by atoms with Gasteiger partial charge in [-0.05, 0) is 30.7 Å². The van der Waals surface area contributed by atoms with E-state index in [4.69, 9.17) is 4.74 Å². The van der Waals surface area contributed by atoms with Crippen LogP contribution in [0.25, 0.3) is 5.69 Å². The Kier molecular flexibility index (Phi) is 6.06. The Balaban J connectivity index is 1.18. The summed E-state index contributed by atoms with van der Waals surface area (Å²) in [7, 11) is 1.68. The van der Waals surface area contributed by atoms with Crippen molar-refractivity contribution in [3.63, 3.8) is 0 Å². The summed E-state index contributed by atoms with van der Waals surface area (Å²) in [5, 5.41) is 3.48. The van der Waals surface area contributed by atoms with Gasteiger partial charge in [0.25, 0.3) is 0 Å². The minimum Gasteiger partial charge on any atom is -0.497 e. The smallest absolute Gasteiger partial charge is 0.240 e. The number of imidazole rings is 1. The van der Waals surface area contributed by atoms with Gasteiger partial charge in [0.05, 0.1) is 19.0 Å². The molecule has 166 valence electrons. The van der Waals surface area contributed by atoms with Crippen LogP contribution in [-0.2, 0) is 4.79 Å². The number of carbonyl (C=O) groups is 1. The minimum absolute atomic E-state index is 0.0179. The maximum atomic E-state index is 12.7. The zero-order chi connectivity index (χ0) is 21.2. The van der Waals surface area contributed by atoms with Crippen LogP contribution < -0.4 is 15.0 Å². The molecule has 3 aliphatic heterocycles. The Hall–Kier alpha value is -2.23. The van der Waals surface area contributed by atoms with Crippen molar-refractivity contribution in [2.75, 3.05) is 62.9 Å². The summed E-state index contributed by atoms with van der Waals surface area (Å²) in [5.41, 5.74) is 1.08. The van der Waals surface area contributed by atoms with Crippen molar-refractivity contribution in [1.82, 2.24) is 24.7 Å². The molecule has 9 heteroatoms. The SMILES string of the molecule is COc1ccc(-n2ccnc2N2CCN([C@@H]3CN[C@H](C(=O)N4CCSC4)C3)CC2)cc1. The van der Waals surface area contributed by atoms with Gasteiger partial charge in [-0.3, -0.25) is 14.3 Å². The van der Waals surface area contributed by atoms with Crippen molar-refractivity contribution < 1.29 is 9.53 Å². The predicted octanol–water partition coefficient (Wildman–Crippen LogP) is 1.27. The third-order valence-electron chi connectivity index (χ3n) is 6.56. The van der Waals surface area contributed by atoms with Gasteiger partial charge in [0.2, 0.25) is 11.9 Å². The van der Waals surface area contributed by atoms with Gasteiger partial charge in [0.15, 0.2) is 0 Å². The number of amides is 1. The molecule has 3 saturated heterocycles. The lowest BCUT2D eigenvalue weighted by Gasteiger charge is -2.38. The zero-order valence-electron chi connectivity index (χ0n) is 17.9. The van der Waals surface area contributed by atoms with E-state index in [1.165, 1.54) is 0 Å². The molecule has 0 aliphatic carbocycles. The van der Waals surface area contributed by atoms with E-state index in [1.807, 2.05) is 41.2 Å². The molecule has 0 radical (unpaired) electrons. The number of carbonyl (C=O) groups excluding carboxylic acids is 1. The van der Waals surface area contributed by atoms with Crippen LogP contribution in [0, 0.1) is 0 Å². The molecule has 1 amide bonds. The first-order chi connectivity index (χ1) is 15.2. The second-order valence-corrected chi connectivity index (χ2v) is 9.38. The van der Waals surface area contributed by atoms with Crippen LogP contribution in [0.5, 0.6) is 5.75 Å². The van der Waals surface area contributed by atoms with E-state index in [9.17, 15) is 4.79 Å². The van der Waals surface area contributed by atoms with Gasteiger partial charge in [-0.15, -0.1) is 11.8 Å². The van der Waals surface area contributed by atoms with Crippen LogP contribution in [0.3, 0.4) is 0 Å². The van der Waals surface area contributed by atoms with Gasteiger partial charge in [-0.2, -0.15) is 0 Å². The topological polar surface area (TPSA) is 65.9 Å². The number of hydrogen-bond donors (Lipinski definition) is 1. The van der Waals surface area contributed by atoms with E-state index >= 15 is 0 Å². The van der Waals surface area contributed by atoms with Gasteiger partial charge < -0.3 is 19.9 Å². The Morgan fingerprint density at radius 2 is 1.97 bits per heavy atom. The number of anilines is 1. The van der Waals surface area contributed by atoms with Crippen molar-refractivity contribution in [1.29, 1.82) is 0 Å². The van der Waals surface area contributed by atoms with Crippen LogP contribution in [0.4, 0.5) is 5.95 Å². The highest BCUT2D eigenvalue weighted by Crippen LogP contribution is 2.24. The molecule has 0 bridgehead atoms. The van der Waals surface area contributed by atoms with Crippen molar-refractivity contribution >= 4 is 23.6 Å². The summed E-state index contributed by atoms with van der Waals surface area (Å²) in [5.74, 6) is 4.03. The van der Waals surface area contributed by atoms with Crippen LogP contribution in [0.1, 0.15) is 6.42 Å². The Morgan fingerprint density at radius 3 is 2.68 bits per heavy atom. The van der Waals surface area contributed by atoms with Crippen molar-refractivity contribution in [2.24, 2.45) is 0 Å². The van der Waals surface area contributed by atoms with E-state index in [0.717, 1.165) is 74.7 Å². The van der Waals surface area contributed by atoms with Gasteiger partial charge in [-0.25, -0.2) is 4.98 Å². The fourth-order valence-corrected chi connectivity index (χ4v) is 5.71. The molecular formula is C22H30N6O2S. The van der Waals surface area contributed by atoms with Gasteiger partial charge in [-0.1, -0.05) is 0 Å². The van der Waals surface area contributed by atoms with E-state index in [0.29, 0.717) is 6.04 Å². The summed E-state index contributed by atoms with van der Waals surface area (Å²) < 4.78 is 7.41. The molecule has 5 rings (SSSR count). The molecule has 4 heterocycles. The molecular weight excluding hydrogens is 412 g/mol. The Labute approximate surface area is 187 Å². The third kappa shape index (κ3) is 4.26. The van der Waals surface area contributed by atoms with Crippen molar-refractivity contribution in [3.05, 3.63) is 36.7 Å². The molecule has 0 unspecified atom stereocenters. The molecule has 3 aliphatic rings. The predicted molar refractivity (Wildman–Crippen MR) is 123 cm³/mol. The maximum Gasteiger partial charge on any atom is 0.240 e. The van der Waals surface area contributed by atoms with Crippen molar-refractivity contribution in [2.45, 2.75) is 18.5 Å². The number of aromatic nitrogens is 2. The van der Waals surface area contributed by atoms with Crippen LogP contribution in [0.15, 0.2) is 36.7 Å². The molecule has 2 aromatic rings. The first kappa shape index (κ1) is 20.7. The number of benzene rings is 1. The fraction of sp³-hybridized carbons (Fsp3) is 0.545. The van der Waals surface area contributed by atoms with Gasteiger partial charge >= 0.3 is 0 Å². The average molecular weight is 443 g/mol. The highest BCUT2D eigenvalue weighted by molar-refractivity contribution is 7.99. The highest BCUT2D eigenvalue weighted by atomic mass is 32.2. The Morgan fingerprint density at radius 1 is 1.16 bits per heavy atom. The normalized spacial score (nSPS) is 24.7. The molecule has 2 atom stereocenters. The summed E-state index contributed by atoms with van der Waals surface area (Å²) in [4.78, 5) is 24.2. The summed E-state index contributed by atoms with van der Waals surface area (Å²) >= 11 is 1.85. The number of hydrogen-bond acceptors (Lipinski definition) is 7. The first-order valence-electron chi connectivity index (χ1n) is 11.0. The lowest BCUT2D eigenvalue weighted by Crippen LogP contribution is -2.51. The number of nitrogens with zero attached hydrogens (tertiary/aromatic N) is 5. The molecule has 31 heavy (non-hydrogen) atoms. The van der Waals surface area contributed by atoms with Crippen molar-refractivity contribution in [3.8, 4) is 11.4 Å². The lowest BCUT2D eigenvalue weighted by molar-refractivity contribution is -0.131. The number of thioether (sulfide) groups is 1. The molecule has 1 aromatic carbocycles. The quantitative estimate of drug-likeness (QED) is 0.748. The number of piperazine rings is 1. The largest absolute Gasteiger partial charge is 0.497 e. The summed E-state index contributed by atoms with van der Waals surface area (Å²) in [6.45, 7) is 5.64. The highest BCUT2D eigenvalue weighted by Gasteiger charge is 2.36. The van der Waals surface area contributed by atoms with Gasteiger partial charge in [0, 0.05) is 69.1 Å². The van der Waals surface area contributed by atoms with Crippen LogP contribution in [-0.4, -0.2) is 95.3 Å². The standard InChI is InChI=1S/C22H30N6O2S/c1-30-19-4-2-17(3-5-19)28-7-6-23-22(28)26-10-8-25(9-11-26)18-14-20(24-15-18)21(29)27-12-13-31-16-27/h2-7,18,20,24H,8-16H2,1H3/t18-,20-/m0/s1. The van der Waals surface area contributed by atoms with E-state index in [1.54, 1.807) is 7.11 Å². The zero-order valence-corrected chi connectivity index (χ0v) is 18.8. The third-order valence-corrected chi connectivity index (χ3v) is 7.52. The fourth-order valence-electron chi connectivity index (χ4n) is 4.75. The van der Waals surface area contributed by atoms with Crippen LogP contribution >= 0.6 is 11.8 Å². The summed E-state index contributed by atoms with van der Waals surface area (Å²) in [6, 6.07) is 8.48. The average Bonchev–Trinajstić information content (AvgIpc) is 3.60. The maximum absolute atomic E-state index is 12.7. The second kappa shape index (κ2) is 9.10. The van der Waals surface area contributed by atoms with Crippen LogP contribution in [0.2, 0.25) is 0 Å². The summed E-state index contributed by atoms with van der Waals surface area (Å²) in [6.07, 6.45) is 4.79. The monoisotopic (exact) mass is 442 g/mol. The molecule has 0 saturated carbocycles. The second-order valence-electron chi connectivity index (χ2n) is 8.31. The lowest BCUT2D eigenvalue weighted by atomic mass is 10.1. The number of rotatable bonds is 5. The number of ether oxygens (including phenoxy) is 1. The van der Waals surface area contributed by atoms with E-state index in [-0.39, 0.29) is 11.9 Å². The molecule has 1 aromatic heterocycles. The Bertz CT molecular complexity index is 890.